The van der Waals surface area contributed by atoms with Gasteiger partial charge in [-0.15, -0.1) is 11.8 Å². The number of anilines is 1. The normalized spacial score (nSPS) is 11.7. The molecule has 1 atom stereocenters. The van der Waals surface area contributed by atoms with Gasteiger partial charge in [0.05, 0.1) is 6.42 Å². The third-order valence-corrected chi connectivity index (χ3v) is 4.72. The molecule has 0 aliphatic rings. The molecule has 4 nitrogen and oxygen atoms in total. The lowest BCUT2D eigenvalue weighted by Gasteiger charge is -2.15. The van der Waals surface area contributed by atoms with Crippen LogP contribution < -0.4 is 5.32 Å². The van der Waals surface area contributed by atoms with Crippen LogP contribution in [0.15, 0.2) is 47.4 Å². The molecule has 0 bridgehead atoms. The Morgan fingerprint density at radius 3 is 2.50 bits per heavy atom. The van der Waals surface area contributed by atoms with Crippen LogP contribution in [0.3, 0.4) is 0 Å². The molecule has 1 amide bonds. The fourth-order valence-corrected chi connectivity index (χ4v) is 3.11. The number of carbonyl (C=O) groups is 2. The summed E-state index contributed by atoms with van der Waals surface area (Å²) in [7, 11) is 0. The van der Waals surface area contributed by atoms with Gasteiger partial charge in [-0.3, -0.25) is 9.59 Å². The Kier molecular flexibility index (Phi) is 7.21. The molecular formula is C20H22FNO3S. The van der Waals surface area contributed by atoms with Gasteiger partial charge in [0, 0.05) is 16.3 Å². The van der Waals surface area contributed by atoms with Crippen molar-refractivity contribution in [1.82, 2.24) is 0 Å². The Bertz CT molecular complexity index is 777. The Balaban J connectivity index is 1.76. The van der Waals surface area contributed by atoms with Gasteiger partial charge in [0.2, 0.25) is 0 Å². The predicted octanol–water partition coefficient (Wildman–Crippen LogP) is 4.50. The number of amides is 1. The lowest BCUT2D eigenvalue weighted by atomic mass is 10.1. The van der Waals surface area contributed by atoms with Crippen LogP contribution in [0, 0.1) is 19.7 Å². The molecule has 2 aromatic rings. The molecule has 0 aromatic heterocycles. The van der Waals surface area contributed by atoms with Crippen LogP contribution in [0.1, 0.15) is 24.5 Å². The standard InChI is InChI=1S/C20H22FNO3S/c1-13-4-9-18(14(2)12-13)22-20(24)15(3)25-19(23)10-11-26-17-7-5-16(21)6-8-17/h4-9,12,15H,10-11H2,1-3H3,(H,22,24)/t15-/m1/s1. The van der Waals surface area contributed by atoms with E-state index in [1.165, 1.54) is 23.9 Å². The number of esters is 1. The predicted molar refractivity (Wildman–Crippen MR) is 102 cm³/mol. The molecule has 138 valence electrons. The smallest absolute Gasteiger partial charge is 0.307 e. The first-order valence-electron chi connectivity index (χ1n) is 8.31. The van der Waals surface area contributed by atoms with Crippen molar-refractivity contribution < 1.29 is 18.7 Å². The molecule has 26 heavy (non-hydrogen) atoms. The maximum atomic E-state index is 12.8. The Labute approximate surface area is 157 Å². The Hall–Kier alpha value is -2.34. The van der Waals surface area contributed by atoms with E-state index in [1.807, 2.05) is 32.0 Å². The zero-order valence-electron chi connectivity index (χ0n) is 15.0. The minimum absolute atomic E-state index is 0.170. The SMILES string of the molecule is Cc1ccc(NC(=O)[C@@H](C)OC(=O)CCSc2ccc(F)cc2)c(C)c1. The molecule has 0 saturated heterocycles. The Morgan fingerprint density at radius 1 is 1.15 bits per heavy atom. The van der Waals surface area contributed by atoms with Gasteiger partial charge in [-0.2, -0.15) is 0 Å². The minimum atomic E-state index is -0.876. The highest BCUT2D eigenvalue weighted by Gasteiger charge is 2.18. The van der Waals surface area contributed by atoms with Crippen molar-refractivity contribution in [3.05, 3.63) is 59.4 Å². The molecule has 0 radical (unpaired) electrons. The maximum absolute atomic E-state index is 12.8. The summed E-state index contributed by atoms with van der Waals surface area (Å²) in [5.74, 6) is -0.604. The van der Waals surface area contributed by atoms with Crippen LogP contribution in [0.5, 0.6) is 0 Å². The molecule has 6 heteroatoms. The summed E-state index contributed by atoms with van der Waals surface area (Å²) in [5.41, 5.74) is 2.77. The van der Waals surface area contributed by atoms with E-state index >= 15 is 0 Å². The van der Waals surface area contributed by atoms with Gasteiger partial charge < -0.3 is 10.1 Å². The van der Waals surface area contributed by atoms with Crippen molar-refractivity contribution in [2.75, 3.05) is 11.1 Å². The summed E-state index contributed by atoms with van der Waals surface area (Å²) >= 11 is 1.43. The molecule has 0 aliphatic carbocycles. The van der Waals surface area contributed by atoms with Gasteiger partial charge in [0.25, 0.3) is 5.91 Å². The van der Waals surface area contributed by atoms with Gasteiger partial charge in [-0.05, 0) is 56.7 Å². The number of aryl methyl sites for hydroxylation is 2. The van der Waals surface area contributed by atoms with Crippen LogP contribution in [0.25, 0.3) is 0 Å². The van der Waals surface area contributed by atoms with Crippen molar-refractivity contribution in [3.63, 3.8) is 0 Å². The molecule has 2 rings (SSSR count). The fourth-order valence-electron chi connectivity index (χ4n) is 2.28. The number of hydrogen-bond acceptors (Lipinski definition) is 4. The summed E-state index contributed by atoms with van der Waals surface area (Å²) in [6, 6.07) is 11.8. The number of hydrogen-bond donors (Lipinski definition) is 1. The molecule has 2 aromatic carbocycles. The maximum Gasteiger partial charge on any atom is 0.307 e. The number of halogens is 1. The monoisotopic (exact) mass is 375 g/mol. The highest BCUT2D eigenvalue weighted by Crippen LogP contribution is 2.19. The zero-order valence-corrected chi connectivity index (χ0v) is 15.9. The van der Waals surface area contributed by atoms with Crippen molar-refractivity contribution in [2.45, 2.75) is 38.2 Å². The van der Waals surface area contributed by atoms with Gasteiger partial charge in [0.1, 0.15) is 5.82 Å². The van der Waals surface area contributed by atoms with E-state index in [2.05, 4.69) is 5.32 Å². The zero-order chi connectivity index (χ0) is 19.1. The van der Waals surface area contributed by atoms with Gasteiger partial charge in [-0.1, -0.05) is 17.7 Å². The molecule has 0 unspecified atom stereocenters. The van der Waals surface area contributed by atoms with E-state index in [1.54, 1.807) is 19.1 Å². The first-order valence-corrected chi connectivity index (χ1v) is 9.29. The molecular weight excluding hydrogens is 353 g/mol. The summed E-state index contributed by atoms with van der Waals surface area (Å²) in [4.78, 5) is 24.9. The lowest BCUT2D eigenvalue weighted by molar-refractivity contribution is -0.152. The quantitative estimate of drug-likeness (QED) is 0.572. The summed E-state index contributed by atoms with van der Waals surface area (Å²) in [6.45, 7) is 5.43. The first-order chi connectivity index (χ1) is 12.3. The van der Waals surface area contributed by atoms with Gasteiger partial charge in [-0.25, -0.2) is 4.39 Å². The fraction of sp³-hybridized carbons (Fsp3) is 0.300. The van der Waals surface area contributed by atoms with Crippen molar-refractivity contribution >= 4 is 29.3 Å². The van der Waals surface area contributed by atoms with E-state index in [4.69, 9.17) is 4.74 Å². The van der Waals surface area contributed by atoms with E-state index < -0.39 is 12.1 Å². The highest BCUT2D eigenvalue weighted by atomic mass is 32.2. The summed E-state index contributed by atoms with van der Waals surface area (Å²) in [6.07, 6.45) is -0.706. The Morgan fingerprint density at radius 2 is 1.85 bits per heavy atom. The largest absolute Gasteiger partial charge is 0.453 e. The van der Waals surface area contributed by atoms with Crippen molar-refractivity contribution in [1.29, 1.82) is 0 Å². The van der Waals surface area contributed by atoms with E-state index in [9.17, 15) is 14.0 Å². The molecule has 1 N–H and O–H groups in total. The van der Waals surface area contributed by atoms with Crippen LogP contribution in [-0.2, 0) is 14.3 Å². The number of benzene rings is 2. The second kappa shape index (κ2) is 9.38. The number of carbonyl (C=O) groups excluding carboxylic acids is 2. The lowest BCUT2D eigenvalue weighted by Crippen LogP contribution is -2.30. The van der Waals surface area contributed by atoms with Crippen LogP contribution in [-0.4, -0.2) is 23.7 Å². The minimum Gasteiger partial charge on any atom is -0.453 e. The van der Waals surface area contributed by atoms with Crippen molar-refractivity contribution in [3.8, 4) is 0 Å². The molecule has 0 saturated carbocycles. The molecule has 0 fully saturated rings. The molecule has 0 heterocycles. The second-order valence-electron chi connectivity index (χ2n) is 5.99. The average Bonchev–Trinajstić information content (AvgIpc) is 2.59. The highest BCUT2D eigenvalue weighted by molar-refractivity contribution is 7.99. The van der Waals surface area contributed by atoms with Gasteiger partial charge in [0.15, 0.2) is 6.10 Å². The number of thioether (sulfide) groups is 1. The van der Waals surface area contributed by atoms with Crippen molar-refractivity contribution in [2.24, 2.45) is 0 Å². The number of rotatable bonds is 7. The third kappa shape index (κ3) is 6.19. The topological polar surface area (TPSA) is 55.4 Å². The van der Waals surface area contributed by atoms with Crippen LogP contribution in [0.2, 0.25) is 0 Å². The summed E-state index contributed by atoms with van der Waals surface area (Å²) in [5, 5.41) is 2.77. The van der Waals surface area contributed by atoms with E-state index in [0.29, 0.717) is 11.4 Å². The van der Waals surface area contributed by atoms with Crippen LogP contribution >= 0.6 is 11.8 Å². The average molecular weight is 375 g/mol. The molecule has 0 aliphatic heterocycles. The summed E-state index contributed by atoms with van der Waals surface area (Å²) < 4.78 is 18.0. The van der Waals surface area contributed by atoms with E-state index in [-0.39, 0.29) is 18.1 Å². The third-order valence-electron chi connectivity index (χ3n) is 3.71. The van der Waals surface area contributed by atoms with Crippen LogP contribution in [0.4, 0.5) is 10.1 Å². The number of nitrogens with one attached hydrogen (secondary N) is 1. The van der Waals surface area contributed by atoms with Gasteiger partial charge >= 0.3 is 5.97 Å². The molecule has 0 spiro atoms. The number of ether oxygens (including phenoxy) is 1. The first kappa shape index (κ1) is 20.0. The van der Waals surface area contributed by atoms with E-state index in [0.717, 1.165) is 16.0 Å². The second-order valence-corrected chi connectivity index (χ2v) is 7.16.